The Balaban J connectivity index is 2.76. The molecule has 1 aromatic carbocycles. The van der Waals surface area contributed by atoms with Gasteiger partial charge in [0.15, 0.2) is 0 Å². The Morgan fingerprint density at radius 3 is 2.55 bits per heavy atom. The molecule has 1 rings (SSSR count). The van der Waals surface area contributed by atoms with Crippen molar-refractivity contribution in [3.8, 4) is 11.5 Å². The van der Waals surface area contributed by atoms with Gasteiger partial charge in [0.05, 0.1) is 14.2 Å². The zero-order chi connectivity index (χ0) is 16.8. The van der Waals surface area contributed by atoms with E-state index in [1.807, 2.05) is 18.2 Å². The van der Waals surface area contributed by atoms with Gasteiger partial charge < -0.3 is 20.3 Å². The zero-order valence-electron chi connectivity index (χ0n) is 13.9. The summed E-state index contributed by atoms with van der Waals surface area (Å²) >= 11 is 0. The van der Waals surface area contributed by atoms with Crippen molar-refractivity contribution in [3.05, 3.63) is 23.8 Å². The maximum Gasteiger partial charge on any atom is 0.323 e. The van der Waals surface area contributed by atoms with Crippen LogP contribution in [-0.4, -0.2) is 30.8 Å². The van der Waals surface area contributed by atoms with E-state index < -0.39 is 11.5 Å². The Morgan fingerprint density at radius 2 is 2.05 bits per heavy atom. The first-order valence-electron chi connectivity index (χ1n) is 7.57. The van der Waals surface area contributed by atoms with E-state index in [1.165, 1.54) is 0 Å². The summed E-state index contributed by atoms with van der Waals surface area (Å²) in [7, 11) is 3.27. The van der Waals surface area contributed by atoms with Gasteiger partial charge in [-0.05, 0) is 55.9 Å². The van der Waals surface area contributed by atoms with Crippen molar-refractivity contribution in [1.29, 1.82) is 0 Å². The molecule has 0 spiro atoms. The summed E-state index contributed by atoms with van der Waals surface area (Å²) in [6, 6.07) is 5.71. The quantitative estimate of drug-likeness (QED) is 0.733. The Bertz CT molecular complexity index is 499. The minimum atomic E-state index is -1.18. The lowest BCUT2D eigenvalue weighted by Gasteiger charge is -2.25. The molecule has 124 valence electrons. The number of methoxy groups -OCH3 is 2. The van der Waals surface area contributed by atoms with Crippen LogP contribution in [0.4, 0.5) is 0 Å². The Hall–Kier alpha value is -1.75. The molecule has 3 N–H and O–H groups in total. The van der Waals surface area contributed by atoms with Crippen molar-refractivity contribution in [1.82, 2.24) is 0 Å². The molecule has 2 atom stereocenters. The lowest BCUT2D eigenvalue weighted by Crippen LogP contribution is -2.46. The first kappa shape index (κ1) is 18.3. The largest absolute Gasteiger partial charge is 0.497 e. The first-order valence-corrected chi connectivity index (χ1v) is 7.57. The lowest BCUT2D eigenvalue weighted by molar-refractivity contribution is -0.143. The van der Waals surface area contributed by atoms with E-state index in [2.05, 4.69) is 6.92 Å². The maximum atomic E-state index is 11.2. The number of benzene rings is 1. The van der Waals surface area contributed by atoms with Gasteiger partial charge in [0.1, 0.15) is 17.0 Å². The van der Waals surface area contributed by atoms with Crippen molar-refractivity contribution >= 4 is 5.97 Å². The highest BCUT2D eigenvalue weighted by atomic mass is 16.5. The minimum Gasteiger partial charge on any atom is -0.497 e. The molecule has 5 nitrogen and oxygen atoms in total. The molecule has 0 amide bonds. The average Bonchev–Trinajstić information content (AvgIpc) is 2.50. The predicted molar refractivity (Wildman–Crippen MR) is 86.5 cm³/mol. The Labute approximate surface area is 132 Å². The predicted octanol–water partition coefficient (Wildman–Crippen LogP) is 2.85. The number of rotatable bonds is 9. The van der Waals surface area contributed by atoms with Crippen molar-refractivity contribution < 1.29 is 19.4 Å². The molecule has 0 fully saturated rings. The molecule has 0 aliphatic rings. The third kappa shape index (κ3) is 4.91. The molecule has 0 aliphatic heterocycles. The van der Waals surface area contributed by atoms with Crippen molar-refractivity contribution in [2.75, 3.05) is 14.2 Å². The van der Waals surface area contributed by atoms with Crippen LogP contribution in [0.1, 0.15) is 38.7 Å². The smallest absolute Gasteiger partial charge is 0.323 e. The molecule has 0 saturated carbocycles. The topological polar surface area (TPSA) is 81.8 Å². The molecule has 2 unspecified atom stereocenters. The van der Waals surface area contributed by atoms with Crippen molar-refractivity contribution in [3.63, 3.8) is 0 Å². The van der Waals surface area contributed by atoms with E-state index in [-0.39, 0.29) is 5.92 Å². The van der Waals surface area contributed by atoms with Crippen LogP contribution in [0.2, 0.25) is 0 Å². The number of carboxylic acids is 1. The van der Waals surface area contributed by atoms with E-state index >= 15 is 0 Å². The van der Waals surface area contributed by atoms with Gasteiger partial charge in [0.2, 0.25) is 0 Å². The first-order chi connectivity index (χ1) is 10.3. The van der Waals surface area contributed by atoms with Gasteiger partial charge in [-0.2, -0.15) is 0 Å². The van der Waals surface area contributed by atoms with Crippen LogP contribution in [0.25, 0.3) is 0 Å². The summed E-state index contributed by atoms with van der Waals surface area (Å²) < 4.78 is 10.6. The molecule has 0 aliphatic carbocycles. The molecule has 0 bridgehead atoms. The van der Waals surface area contributed by atoms with E-state index in [0.29, 0.717) is 6.42 Å². The number of carbonyl (C=O) groups is 1. The number of nitrogens with two attached hydrogens (primary N) is 1. The number of hydrogen-bond donors (Lipinski definition) is 2. The van der Waals surface area contributed by atoms with Gasteiger partial charge in [-0.1, -0.05) is 13.3 Å². The standard InChI is InChI=1S/C17H27NO4/c1-5-12(11-17(2,18)16(19)20)6-7-13-10-14(21-3)8-9-15(13)22-4/h8-10,12H,5-7,11,18H2,1-4H3,(H,19,20). The van der Waals surface area contributed by atoms with Crippen LogP contribution in [0.15, 0.2) is 18.2 Å². The molecule has 1 aromatic rings. The van der Waals surface area contributed by atoms with Crippen LogP contribution in [0.5, 0.6) is 11.5 Å². The molecule has 0 radical (unpaired) electrons. The summed E-state index contributed by atoms with van der Waals surface area (Å²) in [6.07, 6.45) is 3.02. The van der Waals surface area contributed by atoms with Crippen LogP contribution < -0.4 is 15.2 Å². The molecule has 0 heterocycles. The van der Waals surface area contributed by atoms with Gasteiger partial charge in [0.25, 0.3) is 0 Å². The zero-order valence-corrected chi connectivity index (χ0v) is 13.9. The van der Waals surface area contributed by atoms with Crippen molar-refractivity contribution in [2.24, 2.45) is 11.7 Å². The second-order valence-electron chi connectivity index (χ2n) is 5.92. The van der Waals surface area contributed by atoms with Gasteiger partial charge in [-0.25, -0.2) is 0 Å². The summed E-state index contributed by atoms with van der Waals surface area (Å²) in [6.45, 7) is 3.63. The summed E-state index contributed by atoms with van der Waals surface area (Å²) in [4.78, 5) is 11.2. The molecule has 0 saturated heterocycles. The highest BCUT2D eigenvalue weighted by Crippen LogP contribution is 2.28. The maximum absolute atomic E-state index is 11.2. The molecule has 0 aromatic heterocycles. The van der Waals surface area contributed by atoms with E-state index in [4.69, 9.17) is 20.3 Å². The van der Waals surface area contributed by atoms with Crippen LogP contribution in [-0.2, 0) is 11.2 Å². The van der Waals surface area contributed by atoms with E-state index in [1.54, 1.807) is 21.1 Å². The Kier molecular flexibility index (Phi) is 6.68. The third-order valence-electron chi connectivity index (χ3n) is 4.09. The number of aliphatic carboxylic acids is 1. The van der Waals surface area contributed by atoms with Crippen LogP contribution in [0, 0.1) is 5.92 Å². The number of ether oxygens (including phenoxy) is 2. The average molecular weight is 309 g/mol. The second kappa shape index (κ2) is 8.03. The van der Waals surface area contributed by atoms with E-state index in [0.717, 1.165) is 36.3 Å². The minimum absolute atomic E-state index is 0.252. The van der Waals surface area contributed by atoms with Crippen LogP contribution >= 0.6 is 0 Å². The van der Waals surface area contributed by atoms with Gasteiger partial charge >= 0.3 is 5.97 Å². The van der Waals surface area contributed by atoms with Crippen molar-refractivity contribution in [2.45, 2.75) is 45.1 Å². The normalized spacial score (nSPS) is 15.0. The van der Waals surface area contributed by atoms with Gasteiger partial charge in [-0.3, -0.25) is 4.79 Å². The second-order valence-corrected chi connectivity index (χ2v) is 5.92. The number of hydrogen-bond acceptors (Lipinski definition) is 4. The van der Waals surface area contributed by atoms with Gasteiger partial charge in [-0.15, -0.1) is 0 Å². The SMILES string of the molecule is CCC(CCc1cc(OC)ccc1OC)CC(C)(N)C(=O)O. The van der Waals surface area contributed by atoms with E-state index in [9.17, 15) is 4.79 Å². The molecular weight excluding hydrogens is 282 g/mol. The summed E-state index contributed by atoms with van der Waals surface area (Å²) in [5.41, 5.74) is 5.75. The summed E-state index contributed by atoms with van der Waals surface area (Å²) in [5, 5.41) is 9.16. The number of carboxylic acid groups (broad SMARTS) is 1. The molecular formula is C17H27NO4. The Morgan fingerprint density at radius 1 is 1.36 bits per heavy atom. The molecule has 22 heavy (non-hydrogen) atoms. The summed E-state index contributed by atoms with van der Waals surface area (Å²) in [5.74, 6) is 0.911. The fraction of sp³-hybridized carbons (Fsp3) is 0.588. The lowest BCUT2D eigenvalue weighted by atomic mass is 9.84. The fourth-order valence-corrected chi connectivity index (χ4v) is 2.57. The monoisotopic (exact) mass is 309 g/mol. The fourth-order valence-electron chi connectivity index (χ4n) is 2.57. The highest BCUT2D eigenvalue weighted by molar-refractivity contribution is 5.77. The third-order valence-corrected chi connectivity index (χ3v) is 4.09. The van der Waals surface area contributed by atoms with Gasteiger partial charge in [0, 0.05) is 0 Å². The highest BCUT2D eigenvalue weighted by Gasteiger charge is 2.30. The van der Waals surface area contributed by atoms with Crippen LogP contribution in [0.3, 0.4) is 0 Å². The molecule has 5 heteroatoms. The number of aryl methyl sites for hydroxylation is 1.